The van der Waals surface area contributed by atoms with E-state index in [4.69, 9.17) is 37.9 Å². The number of allylic oxidation sites excluding steroid dienone is 1. The van der Waals surface area contributed by atoms with Crippen molar-refractivity contribution in [3.8, 4) is 0 Å². The molecule has 0 amide bonds. The first kappa shape index (κ1) is 52.4. The average molecular weight is 889 g/mol. The molecule has 0 aliphatic carbocycles. The second kappa shape index (κ2) is 20.3. The van der Waals surface area contributed by atoms with E-state index in [1.807, 2.05) is 40.7 Å². The first-order valence-electron chi connectivity index (χ1n) is 23.2. The van der Waals surface area contributed by atoms with Crippen LogP contribution in [0.4, 0.5) is 0 Å². The van der Waals surface area contributed by atoms with Crippen LogP contribution in [-0.2, 0) is 47.5 Å². The van der Waals surface area contributed by atoms with E-state index in [9.17, 15) is 30.0 Å². The number of ketones is 1. The molecule has 6 rings (SSSR count). The summed E-state index contributed by atoms with van der Waals surface area (Å²) in [6.07, 6.45) is 3.10. The summed E-state index contributed by atoms with van der Waals surface area (Å²) in [5.41, 5.74) is -0.352. The predicted molar refractivity (Wildman–Crippen MR) is 221 cm³/mol. The summed E-state index contributed by atoms with van der Waals surface area (Å²) in [6, 6.07) is 0. The van der Waals surface area contributed by atoms with Crippen LogP contribution >= 0.6 is 0 Å². The van der Waals surface area contributed by atoms with Crippen LogP contribution in [0.5, 0.6) is 0 Å². The van der Waals surface area contributed by atoms with Crippen molar-refractivity contribution in [2.45, 2.75) is 212 Å². The minimum atomic E-state index is -1.67. The number of carbonyl (C=O) groups is 2. The van der Waals surface area contributed by atoms with Crippen LogP contribution in [0.3, 0.4) is 0 Å². The van der Waals surface area contributed by atoms with Gasteiger partial charge in [-0.05, 0) is 70.3 Å². The smallest absolute Gasteiger partial charge is 0.550 e. The normalized spacial score (nSPS) is 47.8. The number of aliphatic hydroxyl groups is 3. The number of aliphatic hydroxyl groups excluding tert-OH is 2. The summed E-state index contributed by atoms with van der Waals surface area (Å²) in [6.45, 7) is 20.7. The Morgan fingerprint density at radius 3 is 2.24 bits per heavy atom. The van der Waals surface area contributed by atoms with Crippen molar-refractivity contribution < 1.29 is 97.5 Å². The first-order chi connectivity index (χ1) is 28.5. The third-order valence-electron chi connectivity index (χ3n) is 15.8. The van der Waals surface area contributed by atoms with Gasteiger partial charge in [-0.2, -0.15) is 0 Å². The monoisotopic (exact) mass is 889 g/mol. The summed E-state index contributed by atoms with van der Waals surface area (Å²) < 4.78 is 53.9. The summed E-state index contributed by atoms with van der Waals surface area (Å²) in [5, 5.41) is 44.4. The van der Waals surface area contributed by atoms with Gasteiger partial charge in [-0.1, -0.05) is 61.5 Å². The van der Waals surface area contributed by atoms with Crippen LogP contribution in [0.1, 0.15) is 134 Å². The molecule has 14 nitrogen and oxygen atoms in total. The van der Waals surface area contributed by atoms with Gasteiger partial charge in [0.1, 0.15) is 0 Å². The fourth-order valence-corrected chi connectivity index (χ4v) is 11.8. The van der Waals surface area contributed by atoms with Crippen molar-refractivity contribution in [1.29, 1.82) is 0 Å². The molecule has 6 saturated heterocycles. The van der Waals surface area contributed by atoms with Crippen molar-refractivity contribution in [2.75, 3.05) is 13.7 Å². The fraction of sp³-hybridized carbons (Fsp3) is 0.915. The molecular formula is C47H77NaO14. The van der Waals surface area contributed by atoms with E-state index in [1.54, 1.807) is 27.9 Å². The zero-order valence-corrected chi connectivity index (χ0v) is 41.8. The molecule has 0 unspecified atom stereocenters. The molecule has 2 spiro atoms. The fourth-order valence-electron chi connectivity index (χ4n) is 11.8. The quantitative estimate of drug-likeness (QED) is 0.179. The molecule has 21 atom stereocenters. The number of carbonyl (C=O) groups excluding carboxylic acids is 2. The number of hydrogen-bond acceptors (Lipinski definition) is 14. The molecule has 0 aromatic carbocycles. The standard InChI is InChI=1S/C47H78O14.Na/c1-24(40(50)25(2)18-28(5)43(51)52)17-26(3)41-31(8)34(49)22-45(59-41)16-15-44(11,61-45)38-21-36(56-39-14-13-35(54-12)33(10)55-39)32(9)47(58-38)30(7)20-37(57-47)42-27(4)19-29(6)46(53,23-48)60-42;/h17,25-39,41-42,48-49,53H,13-16,18-23H2,1-12H3,(H,51,52);/q;+1/p-1/t25-,26+,27+,28+,29-,30+,31-,32-,33-,34+,35+,36+,37-,38-,39-,41-,42+,44+,45-,46+,47+;/m1./s1. The zero-order chi connectivity index (χ0) is 45.0. The maximum Gasteiger partial charge on any atom is 1.00 e. The minimum absolute atomic E-state index is 0. The van der Waals surface area contributed by atoms with Gasteiger partial charge in [-0.3, -0.25) is 4.79 Å². The molecule has 6 fully saturated rings. The van der Waals surface area contributed by atoms with Gasteiger partial charge >= 0.3 is 29.6 Å². The van der Waals surface area contributed by atoms with Gasteiger partial charge in [0, 0.05) is 74.3 Å². The maximum atomic E-state index is 13.3. The number of carboxylic acid groups (broad SMARTS) is 1. The van der Waals surface area contributed by atoms with Crippen LogP contribution in [0, 0.1) is 47.3 Å². The Hall–Kier alpha value is -0.560. The van der Waals surface area contributed by atoms with Crippen LogP contribution in [0.15, 0.2) is 11.6 Å². The van der Waals surface area contributed by atoms with E-state index in [0.717, 1.165) is 6.42 Å². The zero-order valence-electron chi connectivity index (χ0n) is 39.8. The second-order valence-electron chi connectivity index (χ2n) is 20.6. The average Bonchev–Trinajstić information content (AvgIpc) is 3.71. The molecule has 6 heterocycles. The Morgan fingerprint density at radius 1 is 0.919 bits per heavy atom. The van der Waals surface area contributed by atoms with Crippen LogP contribution in [0.25, 0.3) is 0 Å². The van der Waals surface area contributed by atoms with Crippen molar-refractivity contribution >= 4 is 11.8 Å². The molecule has 0 aromatic rings. The Morgan fingerprint density at radius 2 is 1.61 bits per heavy atom. The predicted octanol–water partition coefficient (Wildman–Crippen LogP) is 1.82. The molecule has 0 aromatic heterocycles. The molecule has 0 radical (unpaired) electrons. The van der Waals surface area contributed by atoms with E-state index in [-0.39, 0.29) is 102 Å². The van der Waals surface area contributed by atoms with E-state index < -0.39 is 84.2 Å². The van der Waals surface area contributed by atoms with Gasteiger partial charge in [0.15, 0.2) is 29.4 Å². The summed E-state index contributed by atoms with van der Waals surface area (Å²) >= 11 is 0. The molecule has 6 aliphatic rings. The van der Waals surface area contributed by atoms with Gasteiger partial charge < -0.3 is 63.1 Å². The van der Waals surface area contributed by atoms with Crippen LogP contribution < -0.4 is 34.7 Å². The maximum absolute atomic E-state index is 13.3. The largest absolute Gasteiger partial charge is 1.00 e. The van der Waals surface area contributed by atoms with Crippen molar-refractivity contribution in [1.82, 2.24) is 0 Å². The third kappa shape index (κ3) is 10.4. The summed E-state index contributed by atoms with van der Waals surface area (Å²) in [4.78, 5) is 24.7. The molecule has 0 bridgehead atoms. The number of hydrogen-bond donors (Lipinski definition) is 3. The second-order valence-corrected chi connectivity index (χ2v) is 20.6. The van der Waals surface area contributed by atoms with E-state index >= 15 is 0 Å². The van der Waals surface area contributed by atoms with Crippen molar-refractivity contribution in [3.63, 3.8) is 0 Å². The number of ether oxygens (including phenoxy) is 8. The molecule has 6 aliphatic heterocycles. The SMILES string of the molecule is CO[C@H]1CC[C@@H](O[C@H]2C[C@H]([C@]3(C)CC[C@]4(C[C@H](O)[C@@H](C)[C@@H]([C@@H](C)C=C(C)C(=O)[C@H](C)C[C@H](C)C(=O)[O-])O4)O3)O[C@]3(O[C@@H]([C@H]4O[C@@](O)(CO)[C@H](C)C[C@@H]4C)C[C@@H]3C)[C@@H]2C)O[C@@H]1C.[Na+]. The van der Waals surface area contributed by atoms with E-state index in [1.165, 1.54) is 0 Å². The van der Waals surface area contributed by atoms with Crippen molar-refractivity contribution in [2.24, 2.45) is 47.3 Å². The molecule has 0 saturated carbocycles. The molecular weight excluding hydrogens is 811 g/mol. The van der Waals surface area contributed by atoms with Crippen LogP contribution in [-0.4, -0.2) is 119 Å². The number of aliphatic carboxylic acids is 1. The van der Waals surface area contributed by atoms with Gasteiger partial charge in [0.2, 0.25) is 0 Å². The number of rotatable bonds is 13. The van der Waals surface area contributed by atoms with Gasteiger partial charge in [-0.25, -0.2) is 0 Å². The van der Waals surface area contributed by atoms with Crippen molar-refractivity contribution in [3.05, 3.63) is 11.6 Å². The number of carboxylic acids is 1. The number of methoxy groups -OCH3 is 1. The van der Waals surface area contributed by atoms with E-state index in [2.05, 4.69) is 20.8 Å². The molecule has 15 heteroatoms. The topological polar surface area (TPSA) is 192 Å². The molecule has 3 N–H and O–H groups in total. The first-order valence-corrected chi connectivity index (χ1v) is 23.2. The van der Waals surface area contributed by atoms with Crippen LogP contribution in [0.2, 0.25) is 0 Å². The van der Waals surface area contributed by atoms with Gasteiger partial charge in [0.05, 0.1) is 61.0 Å². The Labute approximate surface area is 392 Å². The molecule has 350 valence electrons. The summed E-state index contributed by atoms with van der Waals surface area (Å²) in [7, 11) is 1.70. The minimum Gasteiger partial charge on any atom is -0.550 e. The van der Waals surface area contributed by atoms with E-state index in [0.29, 0.717) is 44.1 Å². The van der Waals surface area contributed by atoms with Gasteiger partial charge in [-0.15, -0.1) is 0 Å². The Bertz CT molecular complexity index is 1580. The van der Waals surface area contributed by atoms with Gasteiger partial charge in [0.25, 0.3) is 0 Å². The number of Topliss-reactive ketones (excluding diaryl/α,β-unsaturated/α-hetero) is 1. The summed E-state index contributed by atoms with van der Waals surface area (Å²) in [5.74, 6) is -7.48. The molecule has 62 heavy (non-hydrogen) atoms. The third-order valence-corrected chi connectivity index (χ3v) is 15.8. The Kier molecular flexibility index (Phi) is 17.2. The Balaban J connectivity index is 0.00000726.